The van der Waals surface area contributed by atoms with Crippen LogP contribution in [0.1, 0.15) is 45.7 Å². The average Bonchev–Trinajstić information content (AvgIpc) is 2.37. The lowest BCUT2D eigenvalue weighted by Gasteiger charge is -2.22. The summed E-state index contributed by atoms with van der Waals surface area (Å²) in [6.07, 6.45) is 1.05. The molecule has 0 bridgehead atoms. The van der Waals surface area contributed by atoms with Crippen molar-refractivity contribution in [3.05, 3.63) is 35.4 Å². The molecule has 20 heavy (non-hydrogen) atoms. The Balaban J connectivity index is 2.71. The fraction of sp³-hybridized carbons (Fsp3) is 0.625. The molecule has 2 nitrogen and oxygen atoms in total. The fourth-order valence-corrected chi connectivity index (χ4v) is 2.29. The normalized spacial score (nSPS) is 14.6. The van der Waals surface area contributed by atoms with Crippen LogP contribution in [-0.4, -0.2) is 19.3 Å². The van der Waals surface area contributed by atoms with Gasteiger partial charge in [0.05, 0.1) is 18.8 Å². The van der Waals surface area contributed by atoms with E-state index in [1.165, 1.54) is 6.07 Å². The largest absolute Gasteiger partial charge is 0.377 e. The SMILES string of the molecule is CCNC(COC(C)CC(C)C)c1cccc(F)c1F. The van der Waals surface area contributed by atoms with Crippen molar-refractivity contribution in [2.45, 2.75) is 46.3 Å². The molecule has 0 aliphatic heterocycles. The third-order valence-corrected chi connectivity index (χ3v) is 3.16. The predicted octanol–water partition coefficient (Wildman–Crippen LogP) is 4.07. The molecular weight excluding hydrogens is 260 g/mol. The molecule has 114 valence electrons. The Morgan fingerprint density at radius 2 is 1.90 bits per heavy atom. The number of benzene rings is 1. The Kier molecular flexibility index (Phi) is 7.10. The minimum Gasteiger partial charge on any atom is -0.377 e. The minimum absolute atomic E-state index is 0.104. The van der Waals surface area contributed by atoms with E-state index < -0.39 is 11.6 Å². The summed E-state index contributed by atoms with van der Waals surface area (Å²) in [4.78, 5) is 0. The topological polar surface area (TPSA) is 21.3 Å². The van der Waals surface area contributed by atoms with Gasteiger partial charge >= 0.3 is 0 Å². The minimum atomic E-state index is -0.819. The van der Waals surface area contributed by atoms with Gasteiger partial charge in [-0.25, -0.2) is 8.78 Å². The summed E-state index contributed by atoms with van der Waals surface area (Å²) in [5, 5.41) is 3.14. The number of halogens is 2. The van der Waals surface area contributed by atoms with E-state index in [4.69, 9.17) is 4.74 Å². The Labute approximate surface area is 120 Å². The summed E-state index contributed by atoms with van der Waals surface area (Å²) in [5.74, 6) is -1.06. The molecule has 0 fully saturated rings. The van der Waals surface area contributed by atoms with Gasteiger partial charge < -0.3 is 10.1 Å². The number of ether oxygens (including phenoxy) is 1. The van der Waals surface area contributed by atoms with Crippen LogP contribution in [0.3, 0.4) is 0 Å². The molecule has 4 heteroatoms. The van der Waals surface area contributed by atoms with Crippen molar-refractivity contribution in [3.8, 4) is 0 Å². The van der Waals surface area contributed by atoms with Crippen LogP contribution in [0.25, 0.3) is 0 Å². The zero-order chi connectivity index (χ0) is 15.1. The highest BCUT2D eigenvalue weighted by molar-refractivity contribution is 5.22. The smallest absolute Gasteiger partial charge is 0.163 e. The van der Waals surface area contributed by atoms with Crippen LogP contribution in [0, 0.1) is 17.6 Å². The highest BCUT2D eigenvalue weighted by atomic mass is 19.2. The highest BCUT2D eigenvalue weighted by Crippen LogP contribution is 2.21. The van der Waals surface area contributed by atoms with Crippen molar-refractivity contribution in [1.82, 2.24) is 5.32 Å². The second-order valence-electron chi connectivity index (χ2n) is 5.53. The molecule has 0 aromatic heterocycles. The summed E-state index contributed by atoms with van der Waals surface area (Å²) in [6, 6.07) is 3.92. The summed E-state index contributed by atoms with van der Waals surface area (Å²) < 4.78 is 32.9. The van der Waals surface area contributed by atoms with Gasteiger partial charge in [0.15, 0.2) is 11.6 Å². The summed E-state index contributed by atoms with van der Waals surface area (Å²) >= 11 is 0. The third kappa shape index (κ3) is 5.17. The zero-order valence-electron chi connectivity index (χ0n) is 12.7. The van der Waals surface area contributed by atoms with Gasteiger partial charge in [-0.05, 0) is 31.9 Å². The first kappa shape index (κ1) is 17.1. The average molecular weight is 285 g/mol. The van der Waals surface area contributed by atoms with Gasteiger partial charge in [0, 0.05) is 5.56 Å². The first-order valence-corrected chi connectivity index (χ1v) is 7.24. The molecule has 1 aromatic rings. The quantitative estimate of drug-likeness (QED) is 0.777. The maximum atomic E-state index is 13.8. The van der Waals surface area contributed by atoms with E-state index in [-0.39, 0.29) is 12.1 Å². The monoisotopic (exact) mass is 285 g/mol. The van der Waals surface area contributed by atoms with Crippen molar-refractivity contribution in [2.75, 3.05) is 13.2 Å². The molecule has 0 saturated heterocycles. The van der Waals surface area contributed by atoms with Crippen LogP contribution in [-0.2, 0) is 4.74 Å². The van der Waals surface area contributed by atoms with E-state index in [0.29, 0.717) is 24.6 Å². The van der Waals surface area contributed by atoms with Crippen LogP contribution in [0.5, 0.6) is 0 Å². The van der Waals surface area contributed by atoms with E-state index in [9.17, 15) is 8.78 Å². The molecular formula is C16H25F2NO. The van der Waals surface area contributed by atoms with Crippen LogP contribution < -0.4 is 5.32 Å². The molecule has 0 aliphatic rings. The Bertz CT molecular complexity index is 409. The molecule has 0 heterocycles. The van der Waals surface area contributed by atoms with Crippen LogP contribution in [0.4, 0.5) is 8.78 Å². The van der Waals surface area contributed by atoms with Gasteiger partial charge in [-0.3, -0.25) is 0 Å². The molecule has 0 aliphatic carbocycles. The third-order valence-electron chi connectivity index (χ3n) is 3.16. The molecule has 0 radical (unpaired) electrons. The van der Waals surface area contributed by atoms with Crippen LogP contribution in [0.15, 0.2) is 18.2 Å². The van der Waals surface area contributed by atoms with Gasteiger partial charge in [-0.1, -0.05) is 32.9 Å². The fourth-order valence-electron chi connectivity index (χ4n) is 2.29. The summed E-state index contributed by atoms with van der Waals surface area (Å²) in [6.45, 7) is 9.21. The van der Waals surface area contributed by atoms with Gasteiger partial charge in [0.25, 0.3) is 0 Å². The number of nitrogens with one attached hydrogen (secondary N) is 1. The van der Waals surface area contributed by atoms with Crippen molar-refractivity contribution in [1.29, 1.82) is 0 Å². The maximum absolute atomic E-state index is 13.8. The second kappa shape index (κ2) is 8.32. The molecule has 2 unspecified atom stereocenters. The van der Waals surface area contributed by atoms with Crippen molar-refractivity contribution >= 4 is 0 Å². The zero-order valence-corrected chi connectivity index (χ0v) is 12.7. The van der Waals surface area contributed by atoms with Crippen LogP contribution >= 0.6 is 0 Å². The number of hydrogen-bond donors (Lipinski definition) is 1. The van der Waals surface area contributed by atoms with Gasteiger partial charge in [0.2, 0.25) is 0 Å². The number of likely N-dealkylation sites (N-methyl/N-ethyl adjacent to an activating group) is 1. The highest BCUT2D eigenvalue weighted by Gasteiger charge is 2.18. The Morgan fingerprint density at radius 3 is 2.50 bits per heavy atom. The summed E-state index contributed by atoms with van der Waals surface area (Å²) in [7, 11) is 0. The first-order chi connectivity index (χ1) is 9.45. The lowest BCUT2D eigenvalue weighted by molar-refractivity contribution is 0.0366. The second-order valence-corrected chi connectivity index (χ2v) is 5.53. The molecule has 2 atom stereocenters. The molecule has 0 amide bonds. The lowest BCUT2D eigenvalue weighted by atomic mass is 10.1. The van der Waals surface area contributed by atoms with E-state index in [2.05, 4.69) is 19.2 Å². The van der Waals surface area contributed by atoms with Gasteiger partial charge in [-0.2, -0.15) is 0 Å². The van der Waals surface area contributed by atoms with E-state index >= 15 is 0 Å². The summed E-state index contributed by atoms with van der Waals surface area (Å²) in [5.41, 5.74) is 0.323. The van der Waals surface area contributed by atoms with E-state index in [1.807, 2.05) is 13.8 Å². The van der Waals surface area contributed by atoms with Crippen molar-refractivity contribution in [2.24, 2.45) is 5.92 Å². The molecule has 1 N–H and O–H groups in total. The molecule has 0 saturated carbocycles. The maximum Gasteiger partial charge on any atom is 0.163 e. The first-order valence-electron chi connectivity index (χ1n) is 7.24. The number of rotatable bonds is 8. The standard InChI is InChI=1S/C16H25F2NO/c1-5-19-15(10-20-12(4)9-11(2)3)13-7-6-8-14(17)16(13)18/h6-8,11-12,15,19H,5,9-10H2,1-4H3. The van der Waals surface area contributed by atoms with Gasteiger partial charge in [0.1, 0.15) is 0 Å². The molecule has 1 rings (SSSR count). The lowest BCUT2D eigenvalue weighted by Crippen LogP contribution is -2.28. The molecule has 1 aromatic carbocycles. The van der Waals surface area contributed by atoms with Crippen molar-refractivity contribution < 1.29 is 13.5 Å². The number of hydrogen-bond acceptors (Lipinski definition) is 2. The Morgan fingerprint density at radius 1 is 1.20 bits per heavy atom. The van der Waals surface area contributed by atoms with E-state index in [0.717, 1.165) is 12.5 Å². The molecule has 0 spiro atoms. The predicted molar refractivity (Wildman–Crippen MR) is 77.6 cm³/mol. The van der Waals surface area contributed by atoms with Gasteiger partial charge in [-0.15, -0.1) is 0 Å². The van der Waals surface area contributed by atoms with E-state index in [1.54, 1.807) is 6.07 Å². The van der Waals surface area contributed by atoms with Crippen molar-refractivity contribution in [3.63, 3.8) is 0 Å². The van der Waals surface area contributed by atoms with Crippen LogP contribution in [0.2, 0.25) is 0 Å². The Hall–Kier alpha value is -1.00.